The van der Waals surface area contributed by atoms with E-state index in [0.29, 0.717) is 36.2 Å². The van der Waals surface area contributed by atoms with Gasteiger partial charge in [0.15, 0.2) is 12.2 Å². The highest BCUT2D eigenvalue weighted by Crippen LogP contribution is 2.31. The van der Waals surface area contributed by atoms with Gasteiger partial charge in [-0.1, -0.05) is 12.1 Å². The molecule has 1 fully saturated rings. The van der Waals surface area contributed by atoms with E-state index < -0.39 is 0 Å². The Kier molecular flexibility index (Phi) is 4.31. The van der Waals surface area contributed by atoms with Crippen LogP contribution in [0.1, 0.15) is 12.8 Å². The molecule has 2 amide bonds. The first-order chi connectivity index (χ1) is 14.2. The van der Waals surface area contributed by atoms with Crippen molar-refractivity contribution in [2.75, 3.05) is 35.2 Å². The lowest BCUT2D eigenvalue weighted by molar-refractivity contribution is -0.120. The molecule has 1 saturated heterocycles. The third kappa shape index (κ3) is 3.49. The molecule has 5 rings (SSSR count). The lowest BCUT2D eigenvalue weighted by atomic mass is 9.96. The summed E-state index contributed by atoms with van der Waals surface area (Å²) in [5.74, 6) is 0.296. The number of piperidine rings is 1. The van der Waals surface area contributed by atoms with Gasteiger partial charge in [-0.2, -0.15) is 4.98 Å². The number of amides is 2. The molecule has 2 N–H and O–H groups in total. The zero-order valence-corrected chi connectivity index (χ0v) is 15.7. The summed E-state index contributed by atoms with van der Waals surface area (Å²) >= 11 is 0. The van der Waals surface area contributed by atoms with Gasteiger partial charge < -0.3 is 24.7 Å². The number of ether oxygens (including phenoxy) is 1. The molecule has 0 atom stereocenters. The lowest BCUT2D eigenvalue weighted by Crippen LogP contribution is -2.38. The van der Waals surface area contributed by atoms with Gasteiger partial charge in [0.05, 0.1) is 5.69 Å². The molecule has 0 radical (unpaired) electrons. The summed E-state index contributed by atoms with van der Waals surface area (Å²) in [5, 5.41) is 5.70. The summed E-state index contributed by atoms with van der Waals surface area (Å²) in [5.41, 5.74) is 2.82. The van der Waals surface area contributed by atoms with Crippen molar-refractivity contribution in [2.24, 2.45) is 5.92 Å². The predicted molar refractivity (Wildman–Crippen MR) is 108 cm³/mol. The summed E-state index contributed by atoms with van der Waals surface area (Å²) in [4.78, 5) is 30.8. The highest BCUT2D eigenvalue weighted by atomic mass is 16.5. The molecule has 0 saturated carbocycles. The Morgan fingerprint density at radius 2 is 2.00 bits per heavy atom. The number of benzene rings is 2. The molecule has 1 aromatic heterocycles. The molecule has 0 spiro atoms. The number of anilines is 3. The number of para-hydroxylation sites is 2. The number of fused-ring (bicyclic) bond motifs is 2. The zero-order chi connectivity index (χ0) is 19.8. The molecule has 0 aliphatic carbocycles. The van der Waals surface area contributed by atoms with Crippen LogP contribution in [0.2, 0.25) is 0 Å². The fourth-order valence-electron chi connectivity index (χ4n) is 3.73. The van der Waals surface area contributed by atoms with Gasteiger partial charge in [-0.15, -0.1) is 0 Å². The number of hydrogen-bond donors (Lipinski definition) is 2. The smallest absolute Gasteiger partial charge is 0.298 e. The second kappa shape index (κ2) is 7.12. The van der Waals surface area contributed by atoms with Crippen molar-refractivity contribution >= 4 is 40.3 Å². The molecule has 8 heteroatoms. The molecule has 2 aliphatic heterocycles. The van der Waals surface area contributed by atoms with Gasteiger partial charge in [-0.05, 0) is 43.2 Å². The largest absolute Gasteiger partial charge is 0.482 e. The van der Waals surface area contributed by atoms with Crippen LogP contribution in [-0.2, 0) is 9.59 Å². The van der Waals surface area contributed by atoms with Gasteiger partial charge in [-0.3, -0.25) is 9.59 Å². The average molecular weight is 392 g/mol. The number of aromatic nitrogens is 1. The van der Waals surface area contributed by atoms with Crippen LogP contribution in [0.5, 0.6) is 5.75 Å². The van der Waals surface area contributed by atoms with Crippen LogP contribution in [0.15, 0.2) is 46.9 Å². The summed E-state index contributed by atoms with van der Waals surface area (Å²) in [6.45, 7) is 1.43. The SMILES string of the molecule is O=C1COc2ccc(NC(=O)C3CCN(c4nc5ccccc5o4)CC3)cc2N1. The van der Waals surface area contributed by atoms with Gasteiger partial charge in [0.25, 0.3) is 11.9 Å². The first-order valence-electron chi connectivity index (χ1n) is 9.64. The number of carbonyl (C=O) groups is 2. The number of oxazole rings is 1. The molecule has 2 aromatic carbocycles. The molecular formula is C21H20N4O4. The standard InChI is InChI=1S/C21H20N4O4/c26-19-12-28-17-6-5-14(11-16(17)23-19)22-20(27)13-7-9-25(10-8-13)21-24-15-3-1-2-4-18(15)29-21/h1-6,11,13H,7-10,12H2,(H,22,27)(H,23,26). The van der Waals surface area contributed by atoms with Gasteiger partial charge in [-0.25, -0.2) is 0 Å². The van der Waals surface area contributed by atoms with E-state index in [4.69, 9.17) is 9.15 Å². The fourth-order valence-corrected chi connectivity index (χ4v) is 3.73. The van der Waals surface area contributed by atoms with E-state index in [9.17, 15) is 9.59 Å². The summed E-state index contributed by atoms with van der Waals surface area (Å²) in [7, 11) is 0. The Morgan fingerprint density at radius 1 is 1.17 bits per heavy atom. The summed E-state index contributed by atoms with van der Waals surface area (Å²) in [6.07, 6.45) is 1.44. The molecule has 0 bridgehead atoms. The predicted octanol–water partition coefficient (Wildman–Crippen LogP) is 3.01. The van der Waals surface area contributed by atoms with Crippen molar-refractivity contribution in [1.29, 1.82) is 0 Å². The molecule has 3 heterocycles. The minimum atomic E-state index is -0.201. The average Bonchev–Trinajstić information content (AvgIpc) is 3.18. The highest BCUT2D eigenvalue weighted by molar-refractivity contribution is 5.98. The Hall–Kier alpha value is -3.55. The van der Waals surface area contributed by atoms with Crippen LogP contribution in [0, 0.1) is 5.92 Å². The Morgan fingerprint density at radius 3 is 2.83 bits per heavy atom. The lowest BCUT2D eigenvalue weighted by Gasteiger charge is -2.30. The molecule has 3 aromatic rings. The monoisotopic (exact) mass is 392 g/mol. The minimum absolute atomic E-state index is 0.0113. The number of hydrogen-bond acceptors (Lipinski definition) is 6. The third-order valence-corrected chi connectivity index (χ3v) is 5.30. The highest BCUT2D eigenvalue weighted by Gasteiger charge is 2.27. The maximum Gasteiger partial charge on any atom is 0.298 e. The molecular weight excluding hydrogens is 372 g/mol. The van der Waals surface area contributed by atoms with Crippen molar-refractivity contribution in [2.45, 2.75) is 12.8 Å². The van der Waals surface area contributed by atoms with Crippen LogP contribution in [0.3, 0.4) is 0 Å². The summed E-state index contributed by atoms with van der Waals surface area (Å²) < 4.78 is 11.2. The maximum absolute atomic E-state index is 12.7. The van der Waals surface area contributed by atoms with Crippen LogP contribution in [-0.4, -0.2) is 36.5 Å². The van der Waals surface area contributed by atoms with Crippen molar-refractivity contribution in [1.82, 2.24) is 4.98 Å². The molecule has 29 heavy (non-hydrogen) atoms. The Bertz CT molecular complexity index is 1050. The van der Waals surface area contributed by atoms with E-state index >= 15 is 0 Å². The Balaban J connectivity index is 1.21. The van der Waals surface area contributed by atoms with Gasteiger partial charge in [0, 0.05) is 24.7 Å². The van der Waals surface area contributed by atoms with E-state index in [1.807, 2.05) is 24.3 Å². The van der Waals surface area contributed by atoms with Crippen LogP contribution < -0.4 is 20.3 Å². The van der Waals surface area contributed by atoms with Crippen molar-refractivity contribution < 1.29 is 18.7 Å². The Labute approximate surface area is 166 Å². The first-order valence-corrected chi connectivity index (χ1v) is 9.64. The molecule has 148 valence electrons. The zero-order valence-electron chi connectivity index (χ0n) is 15.7. The number of nitrogens with zero attached hydrogens (tertiary/aromatic N) is 2. The van der Waals surface area contributed by atoms with Crippen LogP contribution in [0.25, 0.3) is 11.1 Å². The first kappa shape index (κ1) is 17.5. The maximum atomic E-state index is 12.7. The third-order valence-electron chi connectivity index (χ3n) is 5.30. The van der Waals surface area contributed by atoms with E-state index in [1.165, 1.54) is 0 Å². The number of rotatable bonds is 3. The van der Waals surface area contributed by atoms with E-state index in [2.05, 4.69) is 20.5 Å². The molecule has 8 nitrogen and oxygen atoms in total. The van der Waals surface area contributed by atoms with Gasteiger partial charge >= 0.3 is 0 Å². The molecule has 0 unspecified atom stereocenters. The van der Waals surface area contributed by atoms with Crippen LogP contribution >= 0.6 is 0 Å². The molecule has 2 aliphatic rings. The van der Waals surface area contributed by atoms with Gasteiger partial charge in [0.1, 0.15) is 11.3 Å². The van der Waals surface area contributed by atoms with E-state index in [-0.39, 0.29) is 24.3 Å². The summed E-state index contributed by atoms with van der Waals surface area (Å²) in [6, 6.07) is 13.5. The topological polar surface area (TPSA) is 96.7 Å². The number of nitrogens with one attached hydrogen (secondary N) is 2. The van der Waals surface area contributed by atoms with E-state index in [1.54, 1.807) is 18.2 Å². The van der Waals surface area contributed by atoms with Crippen molar-refractivity contribution in [3.63, 3.8) is 0 Å². The van der Waals surface area contributed by atoms with Crippen molar-refractivity contribution in [3.8, 4) is 5.75 Å². The van der Waals surface area contributed by atoms with Crippen molar-refractivity contribution in [3.05, 3.63) is 42.5 Å². The van der Waals surface area contributed by atoms with E-state index in [0.717, 1.165) is 23.9 Å². The quantitative estimate of drug-likeness (QED) is 0.711. The number of carbonyl (C=O) groups excluding carboxylic acids is 2. The van der Waals surface area contributed by atoms with Crippen LogP contribution in [0.4, 0.5) is 17.4 Å². The fraction of sp³-hybridized carbons (Fsp3) is 0.286. The normalized spacial score (nSPS) is 16.8. The minimum Gasteiger partial charge on any atom is -0.482 e. The second-order valence-electron chi connectivity index (χ2n) is 7.26. The second-order valence-corrected chi connectivity index (χ2v) is 7.26. The van der Waals surface area contributed by atoms with Gasteiger partial charge in [0.2, 0.25) is 5.91 Å².